The number of aromatic nitrogens is 3. The van der Waals surface area contributed by atoms with E-state index in [1.165, 1.54) is 11.8 Å². The van der Waals surface area contributed by atoms with Crippen molar-refractivity contribution in [1.29, 1.82) is 0 Å². The van der Waals surface area contributed by atoms with Gasteiger partial charge in [0.05, 0.1) is 5.69 Å². The lowest BCUT2D eigenvalue weighted by Crippen LogP contribution is -2.15. The number of rotatable bonds is 3. The molecule has 0 aliphatic heterocycles. The van der Waals surface area contributed by atoms with Crippen LogP contribution in [0.3, 0.4) is 0 Å². The Bertz CT molecular complexity index is 1040. The van der Waals surface area contributed by atoms with Crippen molar-refractivity contribution in [2.24, 2.45) is 0 Å². The third-order valence-electron chi connectivity index (χ3n) is 3.56. The maximum Gasteiger partial charge on any atom is 0.258 e. The van der Waals surface area contributed by atoms with Crippen LogP contribution >= 0.6 is 11.8 Å². The number of hydrogen-bond donors (Lipinski definition) is 0. The number of benzene rings is 1. The third-order valence-corrected chi connectivity index (χ3v) is 4.42. The molecule has 114 valence electrons. The molecule has 0 aliphatic rings. The number of pyridine rings is 1. The molecule has 0 unspecified atom stereocenters. The molecule has 3 heterocycles. The average Bonchev–Trinajstić information content (AvgIpc) is 2.97. The summed E-state index contributed by atoms with van der Waals surface area (Å²) in [6.07, 6.45) is 1.73. The Morgan fingerprint density at radius 1 is 1.17 bits per heavy atom. The van der Waals surface area contributed by atoms with E-state index in [1.807, 2.05) is 43.3 Å². The number of nitrogens with zero attached hydrogens (tertiary/aromatic N) is 3. The molecule has 6 heteroatoms. The van der Waals surface area contributed by atoms with Gasteiger partial charge in [0.2, 0.25) is 0 Å². The first kappa shape index (κ1) is 14.0. The van der Waals surface area contributed by atoms with Crippen LogP contribution in [-0.2, 0) is 5.75 Å². The van der Waals surface area contributed by atoms with Crippen LogP contribution in [0, 0.1) is 6.92 Å². The van der Waals surface area contributed by atoms with Gasteiger partial charge in [0.25, 0.3) is 10.8 Å². The summed E-state index contributed by atoms with van der Waals surface area (Å²) in [7, 11) is 0. The predicted octanol–water partition coefficient (Wildman–Crippen LogP) is 3.44. The molecule has 1 aromatic carbocycles. The predicted molar refractivity (Wildman–Crippen MR) is 89.8 cm³/mol. The first-order chi connectivity index (χ1) is 11.2. The molecule has 0 spiro atoms. The molecule has 0 aliphatic carbocycles. The second kappa shape index (κ2) is 5.55. The lowest BCUT2D eigenvalue weighted by atomic mass is 10.3. The molecule has 0 N–H and O–H groups in total. The summed E-state index contributed by atoms with van der Waals surface area (Å²) in [5.41, 5.74) is 3.89. The van der Waals surface area contributed by atoms with E-state index in [-0.39, 0.29) is 5.56 Å². The van der Waals surface area contributed by atoms with Crippen molar-refractivity contribution in [1.82, 2.24) is 14.4 Å². The summed E-state index contributed by atoms with van der Waals surface area (Å²) in [5.74, 6) is 0.535. The van der Waals surface area contributed by atoms with Gasteiger partial charge in [-0.05, 0) is 30.7 Å². The molecule has 0 amide bonds. The molecule has 0 fully saturated rings. The third kappa shape index (κ3) is 2.61. The monoisotopic (exact) mass is 323 g/mol. The highest BCUT2D eigenvalue weighted by Crippen LogP contribution is 2.25. The Labute approximate surface area is 136 Å². The highest BCUT2D eigenvalue weighted by atomic mass is 32.2. The summed E-state index contributed by atoms with van der Waals surface area (Å²) in [5, 5.41) is 0.581. The van der Waals surface area contributed by atoms with Gasteiger partial charge in [-0.3, -0.25) is 9.20 Å². The number of hydrogen-bond acceptors (Lipinski definition) is 5. The van der Waals surface area contributed by atoms with Crippen LogP contribution in [-0.4, -0.2) is 14.4 Å². The number of para-hydroxylation sites is 2. The smallest absolute Gasteiger partial charge is 0.258 e. The first-order valence-electron chi connectivity index (χ1n) is 7.17. The van der Waals surface area contributed by atoms with Crippen molar-refractivity contribution < 1.29 is 4.42 Å². The van der Waals surface area contributed by atoms with Gasteiger partial charge in [-0.2, -0.15) is 0 Å². The molecule has 3 aromatic heterocycles. The number of aryl methyl sites for hydroxylation is 1. The van der Waals surface area contributed by atoms with Gasteiger partial charge in [0, 0.05) is 18.0 Å². The lowest BCUT2D eigenvalue weighted by Gasteiger charge is -2.05. The zero-order valence-corrected chi connectivity index (χ0v) is 13.2. The topological polar surface area (TPSA) is 60.4 Å². The molecule has 0 bridgehead atoms. The van der Waals surface area contributed by atoms with Gasteiger partial charge in [0.15, 0.2) is 5.58 Å². The first-order valence-corrected chi connectivity index (χ1v) is 8.15. The zero-order chi connectivity index (χ0) is 15.8. The normalized spacial score (nSPS) is 11.3. The Hall–Kier alpha value is -2.60. The minimum atomic E-state index is -0.0770. The van der Waals surface area contributed by atoms with Crippen molar-refractivity contribution in [3.63, 3.8) is 0 Å². The van der Waals surface area contributed by atoms with Crippen LogP contribution in [0.4, 0.5) is 0 Å². The van der Waals surface area contributed by atoms with E-state index in [9.17, 15) is 4.79 Å². The maximum atomic E-state index is 12.2. The van der Waals surface area contributed by atoms with Crippen molar-refractivity contribution in [3.05, 3.63) is 70.3 Å². The second-order valence-corrected chi connectivity index (χ2v) is 6.13. The van der Waals surface area contributed by atoms with Crippen LogP contribution < -0.4 is 5.56 Å². The van der Waals surface area contributed by atoms with Crippen LogP contribution in [0.5, 0.6) is 0 Å². The Morgan fingerprint density at radius 2 is 2.04 bits per heavy atom. The number of fused-ring (bicyclic) bond motifs is 2. The highest BCUT2D eigenvalue weighted by molar-refractivity contribution is 7.98. The minimum absolute atomic E-state index is 0.0770. The molecule has 0 radical (unpaired) electrons. The molecule has 23 heavy (non-hydrogen) atoms. The Morgan fingerprint density at radius 3 is 2.91 bits per heavy atom. The van der Waals surface area contributed by atoms with Gasteiger partial charge in [0.1, 0.15) is 11.2 Å². The van der Waals surface area contributed by atoms with E-state index >= 15 is 0 Å². The SMILES string of the molecule is Cc1cccn2c(=O)cc(CSc3nc4ccccc4o3)nc12. The van der Waals surface area contributed by atoms with Gasteiger partial charge in [-0.1, -0.05) is 30.0 Å². The Balaban J connectivity index is 1.65. The maximum absolute atomic E-state index is 12.2. The van der Waals surface area contributed by atoms with Gasteiger partial charge < -0.3 is 4.42 Å². The zero-order valence-electron chi connectivity index (χ0n) is 12.4. The largest absolute Gasteiger partial charge is 0.431 e. The van der Waals surface area contributed by atoms with E-state index in [0.717, 1.165) is 22.4 Å². The molecule has 4 rings (SSSR count). The molecular weight excluding hydrogens is 310 g/mol. The highest BCUT2D eigenvalue weighted by Gasteiger charge is 2.09. The fourth-order valence-corrected chi connectivity index (χ4v) is 3.16. The fourth-order valence-electron chi connectivity index (χ4n) is 2.43. The summed E-state index contributed by atoms with van der Waals surface area (Å²) < 4.78 is 7.23. The van der Waals surface area contributed by atoms with Crippen LogP contribution in [0.15, 0.2) is 63.1 Å². The van der Waals surface area contributed by atoms with Crippen molar-refractivity contribution in [2.45, 2.75) is 17.9 Å². The molecule has 4 aromatic rings. The van der Waals surface area contributed by atoms with Gasteiger partial charge in [-0.25, -0.2) is 9.97 Å². The van der Waals surface area contributed by atoms with E-state index in [4.69, 9.17) is 4.42 Å². The molecule has 0 saturated heterocycles. The van der Waals surface area contributed by atoms with Crippen LogP contribution in [0.25, 0.3) is 16.7 Å². The minimum Gasteiger partial charge on any atom is -0.431 e. The van der Waals surface area contributed by atoms with Crippen LogP contribution in [0.2, 0.25) is 0 Å². The average molecular weight is 323 g/mol. The summed E-state index contributed by atoms with van der Waals surface area (Å²) in [4.78, 5) is 21.2. The lowest BCUT2D eigenvalue weighted by molar-refractivity contribution is 0.489. The van der Waals surface area contributed by atoms with Gasteiger partial charge in [-0.15, -0.1) is 0 Å². The second-order valence-electron chi connectivity index (χ2n) is 5.21. The molecule has 0 atom stereocenters. The summed E-state index contributed by atoms with van der Waals surface area (Å²) in [6.45, 7) is 1.94. The fraction of sp³-hybridized carbons (Fsp3) is 0.118. The quantitative estimate of drug-likeness (QED) is 0.541. The van der Waals surface area contributed by atoms with Crippen molar-refractivity contribution in [3.8, 4) is 0 Å². The standard InChI is InChI=1S/C17H13N3O2S/c1-11-5-4-8-20-15(21)9-12(18-16(11)20)10-23-17-19-13-6-2-3-7-14(13)22-17/h2-9H,10H2,1H3. The molecule has 5 nitrogen and oxygen atoms in total. The number of oxazole rings is 1. The van der Waals surface area contributed by atoms with E-state index in [1.54, 1.807) is 16.7 Å². The molecular formula is C17H13N3O2S. The van der Waals surface area contributed by atoms with Gasteiger partial charge >= 0.3 is 0 Å². The van der Waals surface area contributed by atoms with Crippen molar-refractivity contribution in [2.75, 3.05) is 0 Å². The van der Waals surface area contributed by atoms with Crippen LogP contribution in [0.1, 0.15) is 11.3 Å². The molecule has 0 saturated carbocycles. The summed E-state index contributed by atoms with van der Waals surface area (Å²) >= 11 is 1.43. The van der Waals surface area contributed by atoms with E-state index in [2.05, 4.69) is 9.97 Å². The van der Waals surface area contributed by atoms with E-state index in [0.29, 0.717) is 16.6 Å². The Kier molecular flexibility index (Phi) is 3.38. The van der Waals surface area contributed by atoms with E-state index < -0.39 is 0 Å². The number of thioether (sulfide) groups is 1. The summed E-state index contributed by atoms with van der Waals surface area (Å²) in [6, 6.07) is 13.0. The van der Waals surface area contributed by atoms with Crippen molar-refractivity contribution >= 4 is 28.5 Å².